The number of amides is 1. The molecule has 1 aromatic rings. The third kappa shape index (κ3) is 3.23. The van der Waals surface area contributed by atoms with Crippen molar-refractivity contribution in [3.63, 3.8) is 0 Å². The summed E-state index contributed by atoms with van der Waals surface area (Å²) in [4.78, 5) is 11.1. The first-order chi connectivity index (χ1) is 8.46. The highest BCUT2D eigenvalue weighted by Crippen LogP contribution is 2.37. The van der Waals surface area contributed by atoms with Crippen molar-refractivity contribution in [2.75, 3.05) is 5.32 Å². The minimum absolute atomic E-state index is 0.112. The molecule has 0 atom stereocenters. The molecule has 0 heterocycles. The molecule has 1 rings (SSSR count). The van der Waals surface area contributed by atoms with Gasteiger partial charge in [0.25, 0.3) is 0 Å². The Morgan fingerprint density at radius 3 is 2.11 bits per heavy atom. The van der Waals surface area contributed by atoms with E-state index < -0.39 is 18.0 Å². The highest BCUT2D eigenvalue weighted by atomic mass is 79.9. The molecule has 0 saturated heterocycles. The van der Waals surface area contributed by atoms with Gasteiger partial charge in [-0.1, -0.05) is 6.07 Å². The predicted molar refractivity (Wildman–Crippen MR) is 63.2 cm³/mol. The number of benzene rings is 1. The quantitative estimate of drug-likeness (QED) is 0.799. The Morgan fingerprint density at radius 2 is 1.68 bits per heavy atom. The van der Waals surface area contributed by atoms with E-state index in [0.29, 0.717) is 5.56 Å². The van der Waals surface area contributed by atoms with E-state index in [-0.39, 0.29) is 10.2 Å². The van der Waals surface area contributed by atoms with Crippen LogP contribution >= 0.6 is 15.9 Å². The smallest absolute Gasteiger partial charge is 0.319 e. The standard InChI is InChI=1S/C11H9BrF5NO/c1-5-3-6(2)8(7(12)4-5)18-9(19)10(13,14)11(15,16)17/h3-4H,1-2H3,(H,18,19). The SMILES string of the molecule is Cc1cc(C)c(NC(=O)C(F)(F)C(F)(F)F)c(Br)c1. The number of carbonyl (C=O) groups is 1. The lowest BCUT2D eigenvalue weighted by Crippen LogP contribution is -2.47. The Kier molecular flexibility index (Phi) is 4.23. The maximum absolute atomic E-state index is 12.8. The van der Waals surface area contributed by atoms with E-state index in [2.05, 4.69) is 15.9 Å². The van der Waals surface area contributed by atoms with Crippen molar-refractivity contribution in [2.45, 2.75) is 25.9 Å². The van der Waals surface area contributed by atoms with Crippen LogP contribution in [0.15, 0.2) is 16.6 Å². The highest BCUT2D eigenvalue weighted by molar-refractivity contribution is 9.10. The summed E-state index contributed by atoms with van der Waals surface area (Å²) in [6, 6.07) is 3.04. The topological polar surface area (TPSA) is 29.1 Å². The lowest BCUT2D eigenvalue weighted by atomic mass is 10.1. The summed E-state index contributed by atoms with van der Waals surface area (Å²) in [6.45, 7) is 3.20. The van der Waals surface area contributed by atoms with Crippen molar-refractivity contribution < 1.29 is 26.7 Å². The summed E-state index contributed by atoms with van der Waals surface area (Å²) >= 11 is 3.00. The van der Waals surface area contributed by atoms with Crippen LogP contribution in [0.25, 0.3) is 0 Å². The van der Waals surface area contributed by atoms with Crippen molar-refractivity contribution in [2.24, 2.45) is 0 Å². The fourth-order valence-corrected chi connectivity index (χ4v) is 2.17. The molecule has 0 aliphatic carbocycles. The second-order valence-electron chi connectivity index (χ2n) is 3.96. The van der Waals surface area contributed by atoms with Gasteiger partial charge in [0, 0.05) is 4.47 Å². The van der Waals surface area contributed by atoms with Crippen LogP contribution in [0.2, 0.25) is 0 Å². The van der Waals surface area contributed by atoms with Crippen LogP contribution in [-0.4, -0.2) is 18.0 Å². The lowest BCUT2D eigenvalue weighted by Gasteiger charge is -2.20. The van der Waals surface area contributed by atoms with Gasteiger partial charge in [0.1, 0.15) is 0 Å². The summed E-state index contributed by atoms with van der Waals surface area (Å²) in [6.07, 6.45) is -5.93. The maximum Gasteiger partial charge on any atom is 0.463 e. The van der Waals surface area contributed by atoms with E-state index in [4.69, 9.17) is 0 Å². The molecule has 1 aromatic carbocycles. The van der Waals surface area contributed by atoms with Gasteiger partial charge in [0.2, 0.25) is 0 Å². The van der Waals surface area contributed by atoms with E-state index in [1.165, 1.54) is 13.0 Å². The number of anilines is 1. The van der Waals surface area contributed by atoms with Gasteiger partial charge in [0.05, 0.1) is 5.69 Å². The Morgan fingerprint density at radius 1 is 1.16 bits per heavy atom. The van der Waals surface area contributed by atoms with Crippen LogP contribution in [0.5, 0.6) is 0 Å². The van der Waals surface area contributed by atoms with Gasteiger partial charge in [-0.2, -0.15) is 22.0 Å². The zero-order valence-electron chi connectivity index (χ0n) is 9.83. The van der Waals surface area contributed by atoms with Gasteiger partial charge < -0.3 is 5.32 Å². The third-order valence-electron chi connectivity index (χ3n) is 2.31. The Balaban J connectivity index is 3.08. The van der Waals surface area contributed by atoms with Gasteiger partial charge in [-0.25, -0.2) is 0 Å². The van der Waals surface area contributed by atoms with Crippen LogP contribution in [0.1, 0.15) is 11.1 Å². The molecule has 1 amide bonds. The first-order valence-corrected chi connectivity index (χ1v) is 5.79. The van der Waals surface area contributed by atoms with Crippen LogP contribution < -0.4 is 5.32 Å². The van der Waals surface area contributed by atoms with Crippen LogP contribution in [-0.2, 0) is 4.79 Å². The van der Waals surface area contributed by atoms with Crippen LogP contribution in [0.4, 0.5) is 27.6 Å². The lowest BCUT2D eigenvalue weighted by molar-refractivity contribution is -0.267. The number of alkyl halides is 5. The van der Waals surface area contributed by atoms with E-state index in [9.17, 15) is 26.7 Å². The summed E-state index contributed by atoms with van der Waals surface area (Å²) in [5.41, 5.74) is 1.03. The molecule has 1 N–H and O–H groups in total. The van der Waals surface area contributed by atoms with E-state index in [1.54, 1.807) is 18.3 Å². The molecule has 106 valence electrons. The summed E-state index contributed by atoms with van der Waals surface area (Å²) in [5.74, 6) is -7.85. The van der Waals surface area contributed by atoms with Crippen molar-refractivity contribution in [1.29, 1.82) is 0 Å². The molecular formula is C11H9BrF5NO. The van der Waals surface area contributed by atoms with Crippen molar-refractivity contribution in [3.8, 4) is 0 Å². The summed E-state index contributed by atoms with van der Waals surface area (Å²) < 4.78 is 61.9. The third-order valence-corrected chi connectivity index (χ3v) is 2.94. The largest absolute Gasteiger partial charge is 0.463 e. The zero-order valence-corrected chi connectivity index (χ0v) is 11.4. The fourth-order valence-electron chi connectivity index (χ4n) is 1.39. The second kappa shape index (κ2) is 5.07. The normalized spacial score (nSPS) is 12.4. The number of hydrogen-bond donors (Lipinski definition) is 1. The maximum atomic E-state index is 12.8. The molecule has 2 nitrogen and oxygen atoms in total. The molecule has 0 spiro atoms. The number of halogens is 6. The molecule has 0 saturated carbocycles. The molecule has 0 fully saturated rings. The second-order valence-corrected chi connectivity index (χ2v) is 4.82. The average Bonchev–Trinajstić information content (AvgIpc) is 2.21. The van der Waals surface area contributed by atoms with Crippen molar-refractivity contribution in [1.82, 2.24) is 0 Å². The molecule has 0 radical (unpaired) electrons. The molecule has 0 aliphatic heterocycles. The molecule has 0 aliphatic rings. The fraction of sp³-hybridized carbons (Fsp3) is 0.364. The zero-order chi connectivity index (χ0) is 15.0. The first kappa shape index (κ1) is 15.9. The van der Waals surface area contributed by atoms with Crippen LogP contribution in [0.3, 0.4) is 0 Å². The molecule has 0 unspecified atom stereocenters. The van der Waals surface area contributed by atoms with Crippen molar-refractivity contribution in [3.05, 3.63) is 27.7 Å². The van der Waals surface area contributed by atoms with Gasteiger partial charge >= 0.3 is 18.0 Å². The number of hydrogen-bond acceptors (Lipinski definition) is 1. The minimum Gasteiger partial charge on any atom is -0.319 e. The Hall–Kier alpha value is -1.18. The Bertz CT molecular complexity index is 489. The van der Waals surface area contributed by atoms with Crippen molar-refractivity contribution >= 4 is 27.5 Å². The number of nitrogens with one attached hydrogen (secondary N) is 1. The monoisotopic (exact) mass is 345 g/mol. The average molecular weight is 346 g/mol. The molecule has 0 bridgehead atoms. The number of aryl methyl sites for hydroxylation is 2. The Labute approximate surface area is 114 Å². The first-order valence-electron chi connectivity index (χ1n) is 4.99. The molecule has 19 heavy (non-hydrogen) atoms. The summed E-state index contributed by atoms with van der Waals surface area (Å²) in [5, 5.41) is 1.60. The highest BCUT2D eigenvalue weighted by Gasteiger charge is 2.63. The summed E-state index contributed by atoms with van der Waals surface area (Å²) in [7, 11) is 0. The minimum atomic E-state index is -5.93. The molecular weight excluding hydrogens is 337 g/mol. The molecule has 8 heteroatoms. The predicted octanol–water partition coefficient (Wildman–Crippen LogP) is 4.20. The van der Waals surface area contributed by atoms with E-state index in [0.717, 1.165) is 5.56 Å². The van der Waals surface area contributed by atoms with Gasteiger partial charge in [-0.15, -0.1) is 0 Å². The number of rotatable bonds is 2. The molecule has 0 aromatic heterocycles. The number of carbonyl (C=O) groups excluding carboxylic acids is 1. The van der Waals surface area contributed by atoms with Gasteiger partial charge in [-0.05, 0) is 47.0 Å². The van der Waals surface area contributed by atoms with E-state index in [1.807, 2.05) is 0 Å². The van der Waals surface area contributed by atoms with Gasteiger partial charge in [0.15, 0.2) is 0 Å². The van der Waals surface area contributed by atoms with E-state index >= 15 is 0 Å². The van der Waals surface area contributed by atoms with Crippen LogP contribution in [0, 0.1) is 13.8 Å². The van der Waals surface area contributed by atoms with Gasteiger partial charge in [-0.3, -0.25) is 4.79 Å².